The number of nitrogens with one attached hydrogen (secondary N) is 1. The molecule has 1 aliphatic carbocycles. The van der Waals surface area contributed by atoms with Gasteiger partial charge in [0, 0.05) is 6.61 Å². The molecule has 2 aliphatic heterocycles. The lowest BCUT2D eigenvalue weighted by Crippen LogP contribution is -2.43. The average Bonchev–Trinajstić information content (AvgIpc) is 2.83. The van der Waals surface area contributed by atoms with Crippen molar-refractivity contribution in [1.29, 1.82) is 0 Å². The summed E-state index contributed by atoms with van der Waals surface area (Å²) in [5, 5.41) is 2.32. The van der Waals surface area contributed by atoms with Crippen LogP contribution in [0.5, 0.6) is 0 Å². The van der Waals surface area contributed by atoms with Gasteiger partial charge in [-0.15, -0.1) is 0 Å². The van der Waals surface area contributed by atoms with E-state index in [0.29, 0.717) is 12.5 Å². The van der Waals surface area contributed by atoms with E-state index in [9.17, 15) is 9.59 Å². The quantitative estimate of drug-likeness (QED) is 0.658. The summed E-state index contributed by atoms with van der Waals surface area (Å²) in [5.74, 6) is 0.419. The summed E-state index contributed by atoms with van der Waals surface area (Å²) < 4.78 is 5.65. The van der Waals surface area contributed by atoms with E-state index in [1.807, 2.05) is 0 Å². The zero-order valence-electron chi connectivity index (χ0n) is 8.44. The fourth-order valence-corrected chi connectivity index (χ4v) is 2.53. The Morgan fingerprint density at radius 1 is 1.27 bits per heavy atom. The SMILES string of the molecule is O=C1CN(C2CCOC2C2CC2)C(=O)N1. The van der Waals surface area contributed by atoms with E-state index in [0.717, 1.165) is 6.42 Å². The number of hydrogen-bond donors (Lipinski definition) is 1. The molecule has 0 aromatic heterocycles. The monoisotopic (exact) mass is 210 g/mol. The van der Waals surface area contributed by atoms with Crippen molar-refractivity contribution in [3.63, 3.8) is 0 Å². The average molecular weight is 210 g/mol. The predicted octanol–water partition coefficient (Wildman–Crippen LogP) is 0.106. The van der Waals surface area contributed by atoms with Crippen LogP contribution in [0.15, 0.2) is 0 Å². The van der Waals surface area contributed by atoms with Crippen LogP contribution >= 0.6 is 0 Å². The van der Waals surface area contributed by atoms with Gasteiger partial charge in [0.1, 0.15) is 6.54 Å². The lowest BCUT2D eigenvalue weighted by atomic mass is 10.1. The number of amides is 3. The highest BCUT2D eigenvalue weighted by Gasteiger charge is 2.46. The molecule has 0 spiro atoms. The second kappa shape index (κ2) is 3.20. The van der Waals surface area contributed by atoms with Crippen LogP contribution in [0.25, 0.3) is 0 Å². The van der Waals surface area contributed by atoms with Crippen LogP contribution in [0, 0.1) is 5.92 Å². The fraction of sp³-hybridized carbons (Fsp3) is 0.800. The third-order valence-corrected chi connectivity index (χ3v) is 3.41. The lowest BCUT2D eigenvalue weighted by molar-refractivity contribution is -0.118. The Balaban J connectivity index is 1.75. The first-order valence-corrected chi connectivity index (χ1v) is 5.48. The molecule has 5 nitrogen and oxygen atoms in total. The van der Waals surface area contributed by atoms with Crippen molar-refractivity contribution in [3.8, 4) is 0 Å². The van der Waals surface area contributed by atoms with Gasteiger partial charge in [-0.3, -0.25) is 10.1 Å². The van der Waals surface area contributed by atoms with Crippen LogP contribution in [-0.4, -0.2) is 42.1 Å². The van der Waals surface area contributed by atoms with Crippen molar-refractivity contribution in [2.24, 2.45) is 5.92 Å². The van der Waals surface area contributed by atoms with Gasteiger partial charge in [0.25, 0.3) is 0 Å². The van der Waals surface area contributed by atoms with Crippen molar-refractivity contribution in [2.75, 3.05) is 13.2 Å². The molecule has 3 aliphatic rings. The van der Waals surface area contributed by atoms with Gasteiger partial charge < -0.3 is 9.64 Å². The summed E-state index contributed by atoms with van der Waals surface area (Å²) in [5.41, 5.74) is 0. The van der Waals surface area contributed by atoms with E-state index in [4.69, 9.17) is 4.74 Å². The first-order chi connectivity index (χ1) is 7.25. The van der Waals surface area contributed by atoms with E-state index >= 15 is 0 Å². The number of ether oxygens (including phenoxy) is 1. The summed E-state index contributed by atoms with van der Waals surface area (Å²) in [7, 11) is 0. The molecule has 15 heavy (non-hydrogen) atoms. The van der Waals surface area contributed by atoms with Gasteiger partial charge in [0.2, 0.25) is 5.91 Å². The molecule has 1 saturated carbocycles. The number of carbonyl (C=O) groups is 2. The van der Waals surface area contributed by atoms with E-state index in [1.54, 1.807) is 4.90 Å². The summed E-state index contributed by atoms with van der Waals surface area (Å²) in [6, 6.07) is -0.134. The van der Waals surface area contributed by atoms with Crippen molar-refractivity contribution >= 4 is 11.9 Å². The Labute approximate surface area is 87.8 Å². The van der Waals surface area contributed by atoms with Crippen LogP contribution in [0.1, 0.15) is 19.3 Å². The molecule has 1 N–H and O–H groups in total. The van der Waals surface area contributed by atoms with Gasteiger partial charge in [-0.1, -0.05) is 0 Å². The highest BCUT2D eigenvalue weighted by Crippen LogP contribution is 2.40. The third kappa shape index (κ3) is 1.51. The van der Waals surface area contributed by atoms with E-state index in [-0.39, 0.29) is 30.6 Å². The standard InChI is InChI=1S/C10H14N2O3/c13-8-5-12(10(14)11-8)7-3-4-15-9(7)6-1-2-6/h6-7,9H,1-5H2,(H,11,13,14). The summed E-state index contributed by atoms with van der Waals surface area (Å²) in [6.07, 6.45) is 3.43. The number of carbonyl (C=O) groups excluding carboxylic acids is 2. The molecule has 0 aromatic carbocycles. The van der Waals surface area contributed by atoms with E-state index < -0.39 is 0 Å². The molecule has 2 atom stereocenters. The Bertz CT molecular complexity index is 314. The van der Waals surface area contributed by atoms with Gasteiger partial charge in [0.15, 0.2) is 0 Å². The number of imide groups is 1. The van der Waals surface area contributed by atoms with E-state index in [1.165, 1.54) is 12.8 Å². The lowest BCUT2D eigenvalue weighted by Gasteiger charge is -2.26. The number of nitrogens with zero attached hydrogens (tertiary/aromatic N) is 1. The molecule has 3 fully saturated rings. The van der Waals surface area contributed by atoms with Crippen molar-refractivity contribution < 1.29 is 14.3 Å². The van der Waals surface area contributed by atoms with Gasteiger partial charge in [-0.25, -0.2) is 4.79 Å². The smallest absolute Gasteiger partial charge is 0.324 e. The van der Waals surface area contributed by atoms with Gasteiger partial charge >= 0.3 is 6.03 Å². The van der Waals surface area contributed by atoms with Crippen molar-refractivity contribution in [3.05, 3.63) is 0 Å². The molecule has 2 heterocycles. The second-order valence-electron chi connectivity index (χ2n) is 4.51. The highest BCUT2D eigenvalue weighted by atomic mass is 16.5. The number of hydrogen-bond acceptors (Lipinski definition) is 3. The largest absolute Gasteiger partial charge is 0.376 e. The van der Waals surface area contributed by atoms with Crippen LogP contribution in [0.4, 0.5) is 4.79 Å². The second-order valence-corrected chi connectivity index (χ2v) is 4.51. The molecular formula is C10H14N2O3. The minimum Gasteiger partial charge on any atom is -0.376 e. The molecule has 2 unspecified atom stereocenters. The topological polar surface area (TPSA) is 58.6 Å². The van der Waals surface area contributed by atoms with Crippen LogP contribution in [0.2, 0.25) is 0 Å². The summed E-state index contributed by atoms with van der Waals surface area (Å²) in [6.45, 7) is 0.917. The summed E-state index contributed by atoms with van der Waals surface area (Å²) >= 11 is 0. The van der Waals surface area contributed by atoms with Crippen LogP contribution in [0.3, 0.4) is 0 Å². The Morgan fingerprint density at radius 3 is 2.67 bits per heavy atom. The first kappa shape index (κ1) is 9.15. The molecule has 0 radical (unpaired) electrons. The maximum absolute atomic E-state index is 11.5. The molecule has 0 aromatic rings. The van der Waals surface area contributed by atoms with E-state index in [2.05, 4.69) is 5.32 Å². The minimum absolute atomic E-state index is 0.115. The molecule has 0 bridgehead atoms. The normalized spacial score (nSPS) is 36.1. The molecular weight excluding hydrogens is 196 g/mol. The maximum Gasteiger partial charge on any atom is 0.324 e. The third-order valence-electron chi connectivity index (χ3n) is 3.41. The Hall–Kier alpha value is -1.10. The van der Waals surface area contributed by atoms with Crippen molar-refractivity contribution in [2.45, 2.75) is 31.4 Å². The zero-order chi connectivity index (χ0) is 10.4. The molecule has 3 amide bonds. The molecule has 82 valence electrons. The Kier molecular flexibility index (Phi) is 1.95. The molecule has 5 heteroatoms. The number of urea groups is 1. The van der Waals surface area contributed by atoms with Crippen molar-refractivity contribution in [1.82, 2.24) is 10.2 Å². The minimum atomic E-state index is -0.249. The predicted molar refractivity (Wildman–Crippen MR) is 51.1 cm³/mol. The molecule has 3 rings (SSSR count). The van der Waals surface area contributed by atoms with Gasteiger partial charge in [0.05, 0.1) is 12.1 Å². The molecule has 2 saturated heterocycles. The first-order valence-electron chi connectivity index (χ1n) is 5.48. The highest BCUT2D eigenvalue weighted by molar-refractivity contribution is 6.02. The number of rotatable bonds is 2. The maximum atomic E-state index is 11.5. The van der Waals surface area contributed by atoms with Gasteiger partial charge in [-0.05, 0) is 25.2 Å². The van der Waals surface area contributed by atoms with Gasteiger partial charge in [-0.2, -0.15) is 0 Å². The zero-order valence-corrected chi connectivity index (χ0v) is 8.44. The Morgan fingerprint density at radius 2 is 2.07 bits per heavy atom. The van der Waals surface area contributed by atoms with Crippen LogP contribution in [-0.2, 0) is 9.53 Å². The summed E-state index contributed by atoms with van der Waals surface area (Å²) in [4.78, 5) is 24.2. The fourth-order valence-electron chi connectivity index (χ4n) is 2.53. The van der Waals surface area contributed by atoms with Crippen LogP contribution < -0.4 is 5.32 Å².